The summed E-state index contributed by atoms with van der Waals surface area (Å²) < 4.78 is 40.6. The normalized spacial score (nSPS) is 17.2. The number of carbonyl (C=O) groups excluding carboxylic acids is 1. The number of carbonyl (C=O) groups is 1. The van der Waals surface area contributed by atoms with Crippen LogP contribution in [0.5, 0.6) is 11.5 Å². The number of hydrogen-bond donors (Lipinski definition) is 2. The van der Waals surface area contributed by atoms with Crippen molar-refractivity contribution in [3.8, 4) is 11.5 Å². The van der Waals surface area contributed by atoms with Gasteiger partial charge in [-0.3, -0.25) is 10.1 Å². The summed E-state index contributed by atoms with van der Waals surface area (Å²) in [6.45, 7) is 3.35. The Balaban J connectivity index is 1.65. The van der Waals surface area contributed by atoms with E-state index in [9.17, 15) is 13.6 Å². The largest absolute Gasteiger partial charge is 0.454 e. The lowest BCUT2D eigenvalue weighted by Gasteiger charge is -2.16. The minimum absolute atomic E-state index is 0.0591. The van der Waals surface area contributed by atoms with Crippen LogP contribution in [0, 0.1) is 11.6 Å². The van der Waals surface area contributed by atoms with Gasteiger partial charge in [0.15, 0.2) is 11.6 Å². The number of imidazole rings is 1. The van der Waals surface area contributed by atoms with Gasteiger partial charge in [-0.15, -0.1) is 0 Å². The van der Waals surface area contributed by atoms with Gasteiger partial charge in [0.1, 0.15) is 17.4 Å². The highest BCUT2D eigenvalue weighted by molar-refractivity contribution is 5.79. The molecule has 3 aromatic rings. The van der Waals surface area contributed by atoms with Crippen LogP contribution in [0.2, 0.25) is 0 Å². The number of benzene rings is 2. The number of rotatable bonds is 8. The first-order valence-corrected chi connectivity index (χ1v) is 10.2. The Kier molecular flexibility index (Phi) is 6.15. The molecular formula is C22H24F2N4O3. The van der Waals surface area contributed by atoms with E-state index in [2.05, 4.69) is 10.3 Å². The van der Waals surface area contributed by atoms with Crippen molar-refractivity contribution in [2.45, 2.75) is 45.0 Å². The minimum Gasteiger partial charge on any atom is -0.454 e. The van der Waals surface area contributed by atoms with E-state index in [-0.39, 0.29) is 11.9 Å². The van der Waals surface area contributed by atoms with Gasteiger partial charge in [0.05, 0.1) is 36.3 Å². The highest BCUT2D eigenvalue weighted by Gasteiger charge is 2.21. The molecule has 2 atom stereocenters. The van der Waals surface area contributed by atoms with Crippen LogP contribution in [0.3, 0.4) is 0 Å². The Bertz CT molecular complexity index is 1100. The molecule has 1 saturated heterocycles. The molecule has 2 heterocycles. The second-order valence-corrected chi connectivity index (χ2v) is 7.61. The summed E-state index contributed by atoms with van der Waals surface area (Å²) in [6.07, 6.45) is 2.01. The van der Waals surface area contributed by atoms with E-state index < -0.39 is 23.6 Å². The number of fused-ring (bicyclic) bond motifs is 1. The smallest absolute Gasteiger partial charge is 0.234 e. The van der Waals surface area contributed by atoms with E-state index in [1.807, 2.05) is 4.57 Å². The molecule has 7 nitrogen and oxygen atoms in total. The highest BCUT2D eigenvalue weighted by Crippen LogP contribution is 2.29. The molecule has 31 heavy (non-hydrogen) atoms. The molecule has 4 rings (SSSR count). The number of amides is 1. The summed E-state index contributed by atoms with van der Waals surface area (Å²) in [4.78, 5) is 16.0. The van der Waals surface area contributed by atoms with Crippen molar-refractivity contribution >= 4 is 16.9 Å². The second kappa shape index (κ2) is 8.99. The zero-order valence-electron chi connectivity index (χ0n) is 17.1. The summed E-state index contributed by atoms with van der Waals surface area (Å²) >= 11 is 0. The molecule has 1 aromatic heterocycles. The molecule has 2 aromatic carbocycles. The molecule has 1 aliphatic heterocycles. The van der Waals surface area contributed by atoms with Gasteiger partial charge in [0.25, 0.3) is 0 Å². The van der Waals surface area contributed by atoms with E-state index in [4.69, 9.17) is 15.2 Å². The first-order chi connectivity index (χ1) is 14.9. The van der Waals surface area contributed by atoms with E-state index in [1.54, 1.807) is 25.1 Å². The number of nitrogens with zero attached hydrogens (tertiary/aromatic N) is 2. The van der Waals surface area contributed by atoms with Gasteiger partial charge in [-0.05, 0) is 44.0 Å². The number of primary amides is 1. The molecule has 0 bridgehead atoms. The average molecular weight is 430 g/mol. The van der Waals surface area contributed by atoms with Crippen molar-refractivity contribution in [2.24, 2.45) is 5.73 Å². The fraction of sp³-hybridized carbons (Fsp3) is 0.364. The van der Waals surface area contributed by atoms with Gasteiger partial charge in [-0.1, -0.05) is 0 Å². The van der Waals surface area contributed by atoms with Gasteiger partial charge in [0.2, 0.25) is 5.91 Å². The van der Waals surface area contributed by atoms with Crippen molar-refractivity contribution in [1.82, 2.24) is 14.9 Å². The molecule has 0 radical (unpaired) electrons. The van der Waals surface area contributed by atoms with Crippen molar-refractivity contribution in [3.63, 3.8) is 0 Å². The maximum absolute atomic E-state index is 14.0. The zero-order valence-corrected chi connectivity index (χ0v) is 17.1. The van der Waals surface area contributed by atoms with Crippen LogP contribution in [0.4, 0.5) is 8.78 Å². The minimum atomic E-state index is -0.779. The van der Waals surface area contributed by atoms with Crippen LogP contribution in [0.25, 0.3) is 11.0 Å². The maximum atomic E-state index is 14.0. The Morgan fingerprint density at radius 1 is 1.35 bits per heavy atom. The molecule has 3 N–H and O–H groups in total. The molecule has 0 saturated carbocycles. The second-order valence-electron chi connectivity index (χ2n) is 7.61. The number of nitrogens with two attached hydrogens (primary N) is 1. The molecule has 1 amide bonds. The predicted molar refractivity (Wildman–Crippen MR) is 111 cm³/mol. The van der Waals surface area contributed by atoms with E-state index in [1.165, 1.54) is 6.07 Å². The van der Waals surface area contributed by atoms with Crippen molar-refractivity contribution in [1.29, 1.82) is 0 Å². The average Bonchev–Trinajstić information content (AvgIpc) is 3.36. The summed E-state index contributed by atoms with van der Waals surface area (Å²) in [5.74, 6) is -0.835. The molecule has 1 aliphatic rings. The van der Waals surface area contributed by atoms with Gasteiger partial charge in [0, 0.05) is 18.7 Å². The molecule has 0 spiro atoms. The van der Waals surface area contributed by atoms with Crippen molar-refractivity contribution < 1.29 is 23.0 Å². The Labute approximate surface area is 178 Å². The third-order valence-corrected chi connectivity index (χ3v) is 5.32. The van der Waals surface area contributed by atoms with E-state index >= 15 is 0 Å². The van der Waals surface area contributed by atoms with Crippen LogP contribution >= 0.6 is 0 Å². The third kappa shape index (κ3) is 4.83. The highest BCUT2D eigenvalue weighted by atomic mass is 19.1. The number of aromatic nitrogens is 2. The van der Waals surface area contributed by atoms with Crippen LogP contribution in [-0.4, -0.2) is 34.2 Å². The van der Waals surface area contributed by atoms with E-state index in [0.717, 1.165) is 48.4 Å². The topological polar surface area (TPSA) is 91.4 Å². The quantitative estimate of drug-likeness (QED) is 0.573. The first-order valence-electron chi connectivity index (χ1n) is 10.2. The van der Waals surface area contributed by atoms with Gasteiger partial charge < -0.3 is 19.8 Å². The van der Waals surface area contributed by atoms with Gasteiger partial charge >= 0.3 is 0 Å². The Morgan fingerprint density at radius 2 is 2.19 bits per heavy atom. The number of halogens is 2. The number of ether oxygens (including phenoxy) is 2. The van der Waals surface area contributed by atoms with Gasteiger partial charge in [-0.25, -0.2) is 13.8 Å². The number of nitrogens with one attached hydrogen (secondary N) is 1. The summed E-state index contributed by atoms with van der Waals surface area (Å²) in [5, 5.41) is 3.08. The Morgan fingerprint density at radius 3 is 2.90 bits per heavy atom. The third-order valence-electron chi connectivity index (χ3n) is 5.32. The monoisotopic (exact) mass is 430 g/mol. The maximum Gasteiger partial charge on any atom is 0.234 e. The molecule has 0 unspecified atom stereocenters. The molecular weight excluding hydrogens is 406 g/mol. The lowest BCUT2D eigenvalue weighted by molar-refractivity contribution is -0.119. The van der Waals surface area contributed by atoms with Crippen molar-refractivity contribution in [2.75, 3.05) is 6.61 Å². The summed E-state index contributed by atoms with van der Waals surface area (Å²) in [5.41, 5.74) is 6.86. The molecule has 0 aliphatic carbocycles. The fourth-order valence-electron chi connectivity index (χ4n) is 3.58. The lowest BCUT2D eigenvalue weighted by Crippen LogP contribution is -2.38. The molecule has 164 valence electrons. The molecule has 1 fully saturated rings. The van der Waals surface area contributed by atoms with Crippen LogP contribution < -0.4 is 15.8 Å². The predicted octanol–water partition coefficient (Wildman–Crippen LogP) is 3.25. The number of hydrogen-bond acceptors (Lipinski definition) is 5. The fourth-order valence-corrected chi connectivity index (χ4v) is 3.58. The van der Waals surface area contributed by atoms with Crippen LogP contribution in [-0.2, 0) is 22.6 Å². The van der Waals surface area contributed by atoms with Crippen LogP contribution in [0.1, 0.15) is 25.6 Å². The first kappa shape index (κ1) is 21.2. The lowest BCUT2D eigenvalue weighted by atomic mass is 10.2. The zero-order chi connectivity index (χ0) is 22.0. The standard InChI is InChI=1S/C22H24F2N4O3/c1-13(22(25)29)26-11-21-27-18-6-5-15(31-20-7-4-14(23)9-17(20)24)10-19(18)28(21)12-16-3-2-8-30-16/h4-7,9-10,13,16,26H,2-3,8,11-12H2,1H3,(H2,25,29)/t13-,16+/m0/s1. The SMILES string of the molecule is C[C@H](NCc1nc2ccc(Oc3ccc(F)cc3F)cc2n1C[C@H]1CCCO1)C(N)=O. The molecule has 9 heteroatoms. The summed E-state index contributed by atoms with van der Waals surface area (Å²) in [6, 6.07) is 7.88. The Hall–Kier alpha value is -3.04. The van der Waals surface area contributed by atoms with Crippen LogP contribution in [0.15, 0.2) is 36.4 Å². The summed E-state index contributed by atoms with van der Waals surface area (Å²) in [7, 11) is 0. The van der Waals surface area contributed by atoms with Crippen molar-refractivity contribution in [3.05, 3.63) is 53.9 Å². The van der Waals surface area contributed by atoms with E-state index in [0.29, 0.717) is 18.8 Å². The van der Waals surface area contributed by atoms with Gasteiger partial charge in [-0.2, -0.15) is 0 Å².